The summed E-state index contributed by atoms with van der Waals surface area (Å²) in [6.45, 7) is 0. The second-order valence-corrected chi connectivity index (χ2v) is 7.23. The summed E-state index contributed by atoms with van der Waals surface area (Å²) in [6, 6.07) is 8.51. The Bertz CT molecular complexity index is 762. The summed E-state index contributed by atoms with van der Waals surface area (Å²) >= 11 is 0. The van der Waals surface area contributed by atoms with Crippen LogP contribution in [0.4, 0.5) is 0 Å². The first-order valence-electron chi connectivity index (χ1n) is 9.06. The van der Waals surface area contributed by atoms with Crippen molar-refractivity contribution in [1.82, 2.24) is 9.55 Å². The van der Waals surface area contributed by atoms with E-state index in [1.165, 1.54) is 18.2 Å². The number of imidazole rings is 1. The molecule has 132 valence electrons. The second-order valence-electron chi connectivity index (χ2n) is 7.23. The van der Waals surface area contributed by atoms with E-state index in [-0.39, 0.29) is 30.0 Å². The predicted octanol–water partition coefficient (Wildman–Crippen LogP) is 3.18. The molecule has 0 bridgehead atoms. The number of carbonyl (C=O) groups is 1. The third kappa shape index (κ3) is 2.86. The van der Waals surface area contributed by atoms with Gasteiger partial charge in [0, 0.05) is 5.56 Å². The number of hydrogen-bond donors (Lipinski definition) is 1. The number of fused-ring (bicyclic) bond motifs is 3. The molecule has 2 heterocycles. The van der Waals surface area contributed by atoms with Gasteiger partial charge in [-0.05, 0) is 43.6 Å². The molecule has 1 fully saturated rings. The van der Waals surface area contributed by atoms with E-state index in [0.717, 1.165) is 31.4 Å². The summed E-state index contributed by atoms with van der Waals surface area (Å²) in [5.41, 5.74) is 3.61. The van der Waals surface area contributed by atoms with E-state index in [4.69, 9.17) is 4.74 Å². The molecule has 1 aromatic heterocycles. The van der Waals surface area contributed by atoms with Crippen molar-refractivity contribution >= 4 is 5.97 Å². The lowest BCUT2D eigenvalue weighted by Crippen LogP contribution is -2.30. The number of aliphatic hydroxyl groups is 1. The van der Waals surface area contributed by atoms with Crippen LogP contribution < -0.4 is 0 Å². The Morgan fingerprint density at radius 3 is 2.84 bits per heavy atom. The van der Waals surface area contributed by atoms with Crippen molar-refractivity contribution in [2.45, 2.75) is 44.2 Å². The van der Waals surface area contributed by atoms with E-state index < -0.39 is 0 Å². The number of aromatic nitrogens is 2. The van der Waals surface area contributed by atoms with Gasteiger partial charge in [0.05, 0.1) is 43.4 Å². The molecule has 25 heavy (non-hydrogen) atoms. The van der Waals surface area contributed by atoms with Crippen LogP contribution >= 0.6 is 0 Å². The lowest BCUT2D eigenvalue weighted by atomic mass is 9.78. The molecule has 5 heteroatoms. The molecule has 1 aromatic carbocycles. The molecule has 1 aliphatic carbocycles. The van der Waals surface area contributed by atoms with Gasteiger partial charge in [-0.15, -0.1) is 0 Å². The molecule has 1 N–H and O–H groups in total. The predicted molar refractivity (Wildman–Crippen MR) is 93.9 cm³/mol. The number of rotatable bonds is 4. The topological polar surface area (TPSA) is 64.3 Å². The molecule has 0 radical (unpaired) electrons. The zero-order valence-electron chi connectivity index (χ0n) is 14.5. The number of methoxy groups -OCH3 is 1. The first-order valence-corrected chi connectivity index (χ1v) is 9.06. The van der Waals surface area contributed by atoms with Gasteiger partial charge in [-0.25, -0.2) is 4.98 Å². The highest BCUT2D eigenvalue weighted by atomic mass is 16.5. The zero-order chi connectivity index (χ0) is 17.4. The van der Waals surface area contributed by atoms with E-state index >= 15 is 0 Å². The molecule has 0 spiro atoms. The molecule has 1 aliphatic heterocycles. The van der Waals surface area contributed by atoms with Crippen LogP contribution in [0.25, 0.3) is 11.3 Å². The molecule has 1 saturated carbocycles. The SMILES string of the molecule is COC(=O)[C@H]1CC[C@H](C(O)CC2c3ccccc3-c3cncn32)CC1. The Morgan fingerprint density at radius 2 is 2.08 bits per heavy atom. The van der Waals surface area contributed by atoms with Crippen molar-refractivity contribution in [2.24, 2.45) is 11.8 Å². The lowest BCUT2D eigenvalue weighted by molar-refractivity contribution is -0.147. The number of nitrogens with zero attached hydrogens (tertiary/aromatic N) is 2. The van der Waals surface area contributed by atoms with Gasteiger partial charge < -0.3 is 14.4 Å². The van der Waals surface area contributed by atoms with Gasteiger partial charge in [0.25, 0.3) is 0 Å². The lowest BCUT2D eigenvalue weighted by Gasteiger charge is -2.31. The van der Waals surface area contributed by atoms with Crippen LogP contribution in [0.1, 0.15) is 43.7 Å². The number of esters is 1. The van der Waals surface area contributed by atoms with Gasteiger partial charge in [0.1, 0.15) is 0 Å². The quantitative estimate of drug-likeness (QED) is 0.868. The fourth-order valence-electron chi connectivity index (χ4n) is 4.50. The highest BCUT2D eigenvalue weighted by Gasteiger charge is 2.34. The second kappa shape index (κ2) is 6.64. The Kier molecular flexibility index (Phi) is 4.34. The fraction of sp³-hybridized carbons (Fsp3) is 0.500. The highest BCUT2D eigenvalue weighted by molar-refractivity contribution is 5.72. The van der Waals surface area contributed by atoms with Crippen LogP contribution in [-0.2, 0) is 9.53 Å². The van der Waals surface area contributed by atoms with Gasteiger partial charge in [0.2, 0.25) is 0 Å². The minimum Gasteiger partial charge on any atom is -0.469 e. The van der Waals surface area contributed by atoms with Crippen molar-refractivity contribution in [3.8, 4) is 11.3 Å². The van der Waals surface area contributed by atoms with Crippen molar-refractivity contribution in [1.29, 1.82) is 0 Å². The Labute approximate surface area is 147 Å². The molecule has 2 unspecified atom stereocenters. The molecule has 4 rings (SSSR count). The molecular weight excluding hydrogens is 316 g/mol. The van der Waals surface area contributed by atoms with Crippen LogP contribution in [0.3, 0.4) is 0 Å². The van der Waals surface area contributed by atoms with Crippen LogP contribution in [-0.4, -0.2) is 33.8 Å². The minimum absolute atomic E-state index is 0.000841. The smallest absolute Gasteiger partial charge is 0.308 e. The summed E-state index contributed by atoms with van der Waals surface area (Å²) in [4.78, 5) is 16.0. The maximum absolute atomic E-state index is 11.7. The molecule has 2 aliphatic rings. The first-order chi connectivity index (χ1) is 12.2. The Hall–Kier alpha value is -2.14. The monoisotopic (exact) mass is 340 g/mol. The average Bonchev–Trinajstić information content (AvgIpc) is 3.24. The number of ether oxygens (including phenoxy) is 1. The molecule has 0 amide bonds. The standard InChI is InChI=1S/C20H24N2O3/c1-25-20(24)14-8-6-13(7-9-14)19(23)10-17-15-4-2-3-5-16(15)18-11-21-12-22(17)18/h2-5,11-14,17,19,23H,6-10H2,1H3/t13-,14-,17?,19?. The summed E-state index contributed by atoms with van der Waals surface area (Å²) in [6.07, 6.45) is 7.46. The largest absolute Gasteiger partial charge is 0.469 e. The molecular formula is C20H24N2O3. The molecule has 0 saturated heterocycles. The molecule has 5 nitrogen and oxygen atoms in total. The fourth-order valence-corrected chi connectivity index (χ4v) is 4.50. The Morgan fingerprint density at radius 1 is 1.32 bits per heavy atom. The maximum Gasteiger partial charge on any atom is 0.308 e. The number of aliphatic hydroxyl groups excluding tert-OH is 1. The third-order valence-corrected chi connectivity index (χ3v) is 5.91. The summed E-state index contributed by atoms with van der Waals surface area (Å²) in [7, 11) is 1.45. The number of hydrogen-bond acceptors (Lipinski definition) is 4. The van der Waals surface area contributed by atoms with E-state index in [0.29, 0.717) is 6.42 Å². The normalized spacial score (nSPS) is 25.9. The van der Waals surface area contributed by atoms with E-state index in [2.05, 4.69) is 27.8 Å². The molecule has 2 aromatic rings. The summed E-state index contributed by atoms with van der Waals surface area (Å²) < 4.78 is 7.03. The van der Waals surface area contributed by atoms with Crippen molar-refractivity contribution in [3.63, 3.8) is 0 Å². The summed E-state index contributed by atoms with van der Waals surface area (Å²) in [5.74, 6) is 0.141. The van der Waals surface area contributed by atoms with E-state index in [9.17, 15) is 9.90 Å². The number of carbonyl (C=O) groups excluding carboxylic acids is 1. The average molecular weight is 340 g/mol. The van der Waals surface area contributed by atoms with Crippen molar-refractivity contribution in [3.05, 3.63) is 42.4 Å². The van der Waals surface area contributed by atoms with Gasteiger partial charge >= 0.3 is 5.97 Å². The first kappa shape index (κ1) is 16.3. The van der Waals surface area contributed by atoms with Crippen LogP contribution in [0.2, 0.25) is 0 Å². The number of benzene rings is 1. The van der Waals surface area contributed by atoms with Crippen LogP contribution in [0.5, 0.6) is 0 Å². The van der Waals surface area contributed by atoms with Gasteiger partial charge in [-0.3, -0.25) is 4.79 Å². The zero-order valence-corrected chi connectivity index (χ0v) is 14.5. The van der Waals surface area contributed by atoms with E-state index in [1.54, 1.807) is 0 Å². The Balaban J connectivity index is 1.46. The van der Waals surface area contributed by atoms with Crippen molar-refractivity contribution < 1.29 is 14.6 Å². The minimum atomic E-state index is -0.370. The van der Waals surface area contributed by atoms with Gasteiger partial charge in [-0.2, -0.15) is 0 Å². The van der Waals surface area contributed by atoms with Gasteiger partial charge in [0.15, 0.2) is 0 Å². The maximum atomic E-state index is 11.7. The van der Waals surface area contributed by atoms with Crippen LogP contribution in [0.15, 0.2) is 36.8 Å². The highest BCUT2D eigenvalue weighted by Crippen LogP contribution is 2.43. The van der Waals surface area contributed by atoms with Gasteiger partial charge in [-0.1, -0.05) is 24.3 Å². The van der Waals surface area contributed by atoms with Crippen molar-refractivity contribution in [2.75, 3.05) is 7.11 Å². The molecule has 2 atom stereocenters. The van der Waals surface area contributed by atoms with Crippen LogP contribution in [0, 0.1) is 11.8 Å². The van der Waals surface area contributed by atoms with E-state index in [1.807, 2.05) is 18.6 Å². The summed E-state index contributed by atoms with van der Waals surface area (Å²) in [5, 5.41) is 10.9. The third-order valence-electron chi connectivity index (χ3n) is 5.91.